The first-order valence-corrected chi connectivity index (χ1v) is 6.39. The molecule has 0 atom stereocenters. The van der Waals surface area contributed by atoms with Gasteiger partial charge in [-0.05, 0) is 25.0 Å². The van der Waals surface area contributed by atoms with Crippen LogP contribution in [0.5, 0.6) is 0 Å². The maximum atomic E-state index is 14.0. The zero-order chi connectivity index (χ0) is 15.6. The van der Waals surface area contributed by atoms with E-state index in [1.807, 2.05) is 0 Å². The number of rotatable bonds is 5. The Morgan fingerprint density at radius 1 is 1.38 bits per heavy atom. The van der Waals surface area contributed by atoms with Gasteiger partial charge in [0.2, 0.25) is 5.71 Å². The molecule has 1 aliphatic carbocycles. The smallest absolute Gasteiger partial charge is 0.281 e. The van der Waals surface area contributed by atoms with Gasteiger partial charge in [-0.2, -0.15) is 0 Å². The van der Waals surface area contributed by atoms with E-state index < -0.39 is 29.2 Å². The van der Waals surface area contributed by atoms with Crippen molar-refractivity contribution in [3.63, 3.8) is 0 Å². The number of nitrogens with one attached hydrogen (secondary N) is 1. The zero-order valence-electron chi connectivity index (χ0n) is 11.3. The molecular weight excluding hydrogens is 282 g/mol. The van der Waals surface area contributed by atoms with Crippen LogP contribution in [0.1, 0.15) is 25.3 Å². The number of benzene rings is 1. The van der Waals surface area contributed by atoms with E-state index in [9.17, 15) is 18.4 Å². The molecule has 0 saturated heterocycles. The molecule has 1 aliphatic rings. The molecule has 1 amide bonds. The molecule has 5 nitrogen and oxygen atoms in total. The second-order valence-electron chi connectivity index (χ2n) is 4.94. The average Bonchev–Trinajstić information content (AvgIpc) is 3.23. The van der Waals surface area contributed by atoms with Gasteiger partial charge in [-0.25, -0.2) is 8.78 Å². The van der Waals surface area contributed by atoms with E-state index in [-0.39, 0.29) is 11.3 Å². The highest BCUT2D eigenvalue weighted by Crippen LogP contribution is 2.49. The normalized spacial score (nSPS) is 15.7. The Hall–Kier alpha value is -2.31. The highest BCUT2D eigenvalue weighted by Gasteiger charge is 2.47. The number of amides is 1. The van der Waals surface area contributed by atoms with Crippen molar-refractivity contribution in [3.8, 4) is 0 Å². The van der Waals surface area contributed by atoms with E-state index in [0.29, 0.717) is 12.8 Å². The molecular formula is C14H14F2N2O3. The molecule has 7 heteroatoms. The Labute approximate surface area is 119 Å². The number of nitrogens with zero attached hydrogens (tertiary/aromatic N) is 1. The number of alkyl halides is 2. The molecule has 0 radical (unpaired) electrons. The number of hydrogen-bond donors (Lipinski definition) is 2. The molecule has 1 aromatic carbocycles. The number of halogens is 2. The van der Waals surface area contributed by atoms with Gasteiger partial charge >= 0.3 is 0 Å². The van der Waals surface area contributed by atoms with E-state index in [4.69, 9.17) is 5.21 Å². The third kappa shape index (κ3) is 3.24. The summed E-state index contributed by atoms with van der Waals surface area (Å²) in [6.07, 6.45) is 0.963. The van der Waals surface area contributed by atoms with Crippen LogP contribution in [-0.4, -0.2) is 22.6 Å². The minimum absolute atomic E-state index is 0.111. The van der Waals surface area contributed by atoms with Crippen LogP contribution in [0, 0.1) is 5.92 Å². The second kappa shape index (κ2) is 5.59. The molecule has 21 heavy (non-hydrogen) atoms. The van der Waals surface area contributed by atoms with Gasteiger partial charge < -0.3 is 10.5 Å². The number of carbonyl (C=O) groups is 2. The van der Waals surface area contributed by atoms with Crippen molar-refractivity contribution in [2.24, 2.45) is 11.1 Å². The number of ketones is 1. The fraction of sp³-hybridized carbons (Fsp3) is 0.357. The van der Waals surface area contributed by atoms with Crippen LogP contribution in [0.4, 0.5) is 14.5 Å². The molecule has 0 aliphatic heterocycles. The summed E-state index contributed by atoms with van der Waals surface area (Å²) in [6, 6.07) is 5.26. The third-order valence-electron chi connectivity index (χ3n) is 3.24. The maximum Gasteiger partial charge on any atom is 0.281 e. The van der Waals surface area contributed by atoms with Gasteiger partial charge in [0.1, 0.15) is 0 Å². The first kappa shape index (κ1) is 15.1. The Balaban J connectivity index is 2.18. The summed E-state index contributed by atoms with van der Waals surface area (Å²) in [4.78, 5) is 22.7. The van der Waals surface area contributed by atoms with Crippen LogP contribution in [0.2, 0.25) is 0 Å². The standard InChI is InChI=1S/C14H14F2N2O3/c1-8(19)12(18-21)13(20)17-11-4-2-3-10(7-11)14(15,16)9-5-6-9/h2-4,7,9,21H,5-6H2,1H3,(H,17,20)/b18-12+. The van der Waals surface area contributed by atoms with Crippen molar-refractivity contribution in [1.29, 1.82) is 0 Å². The van der Waals surface area contributed by atoms with Gasteiger partial charge in [-0.15, -0.1) is 0 Å². The van der Waals surface area contributed by atoms with E-state index >= 15 is 0 Å². The van der Waals surface area contributed by atoms with Gasteiger partial charge in [-0.3, -0.25) is 9.59 Å². The summed E-state index contributed by atoms with van der Waals surface area (Å²) in [5.41, 5.74) is -0.761. The van der Waals surface area contributed by atoms with Crippen LogP contribution in [0.3, 0.4) is 0 Å². The Morgan fingerprint density at radius 2 is 2.05 bits per heavy atom. The lowest BCUT2D eigenvalue weighted by Crippen LogP contribution is -2.28. The van der Waals surface area contributed by atoms with Crippen molar-refractivity contribution in [3.05, 3.63) is 29.8 Å². The number of hydrogen-bond acceptors (Lipinski definition) is 4. The van der Waals surface area contributed by atoms with Crippen molar-refractivity contribution in [1.82, 2.24) is 0 Å². The first-order chi connectivity index (χ1) is 9.86. The number of oxime groups is 1. The average molecular weight is 296 g/mol. The van der Waals surface area contributed by atoms with Gasteiger partial charge in [0.25, 0.3) is 11.8 Å². The zero-order valence-corrected chi connectivity index (χ0v) is 11.3. The highest BCUT2D eigenvalue weighted by molar-refractivity contribution is 6.67. The van der Waals surface area contributed by atoms with E-state index in [2.05, 4.69) is 10.5 Å². The molecule has 0 aromatic heterocycles. The molecule has 0 heterocycles. The molecule has 1 fully saturated rings. The monoisotopic (exact) mass is 296 g/mol. The fourth-order valence-electron chi connectivity index (χ4n) is 1.95. The predicted octanol–water partition coefficient (Wildman–Crippen LogP) is 2.55. The molecule has 1 aromatic rings. The largest absolute Gasteiger partial charge is 0.410 e. The molecule has 0 unspecified atom stereocenters. The lowest BCUT2D eigenvalue weighted by molar-refractivity contribution is -0.114. The summed E-state index contributed by atoms with van der Waals surface area (Å²) in [5, 5.41) is 13.5. The SMILES string of the molecule is CC(=O)/C(=N\O)C(=O)Nc1cccc(C(F)(F)C2CC2)c1. The van der Waals surface area contributed by atoms with Crippen molar-refractivity contribution >= 4 is 23.1 Å². The van der Waals surface area contributed by atoms with E-state index in [1.54, 1.807) is 0 Å². The minimum atomic E-state index is -2.94. The van der Waals surface area contributed by atoms with Crippen molar-refractivity contribution < 1.29 is 23.6 Å². The summed E-state index contributed by atoms with van der Waals surface area (Å²) < 4.78 is 28.0. The summed E-state index contributed by atoms with van der Waals surface area (Å²) in [7, 11) is 0. The molecule has 0 spiro atoms. The summed E-state index contributed by atoms with van der Waals surface area (Å²) in [6.45, 7) is 1.06. The Kier molecular flexibility index (Phi) is 4.02. The number of carbonyl (C=O) groups excluding carboxylic acids is 2. The lowest BCUT2D eigenvalue weighted by Gasteiger charge is -2.17. The van der Waals surface area contributed by atoms with Crippen molar-refractivity contribution in [2.75, 3.05) is 5.32 Å². The molecule has 1 saturated carbocycles. The second-order valence-corrected chi connectivity index (χ2v) is 4.94. The molecule has 2 N–H and O–H groups in total. The summed E-state index contributed by atoms with van der Waals surface area (Å²) in [5.74, 6) is -5.27. The van der Waals surface area contributed by atoms with Crippen LogP contribution in [0.25, 0.3) is 0 Å². The van der Waals surface area contributed by atoms with Gasteiger partial charge in [0.15, 0.2) is 5.78 Å². The molecule has 112 valence electrons. The summed E-state index contributed by atoms with van der Waals surface area (Å²) >= 11 is 0. The first-order valence-electron chi connectivity index (χ1n) is 6.39. The third-order valence-corrected chi connectivity index (χ3v) is 3.24. The minimum Gasteiger partial charge on any atom is -0.410 e. The molecule has 0 bridgehead atoms. The maximum absolute atomic E-state index is 14.0. The topological polar surface area (TPSA) is 78.8 Å². The molecule has 2 rings (SSSR count). The van der Waals surface area contributed by atoms with Crippen LogP contribution < -0.4 is 5.32 Å². The van der Waals surface area contributed by atoms with Crippen LogP contribution in [-0.2, 0) is 15.5 Å². The predicted molar refractivity (Wildman–Crippen MR) is 71.6 cm³/mol. The number of Topliss-reactive ketones (excluding diaryl/α,β-unsaturated/α-hetero) is 1. The quantitative estimate of drug-likeness (QED) is 0.379. The fourth-order valence-corrected chi connectivity index (χ4v) is 1.95. The Morgan fingerprint density at radius 3 is 2.57 bits per heavy atom. The highest BCUT2D eigenvalue weighted by atomic mass is 19.3. The van der Waals surface area contributed by atoms with Gasteiger partial charge in [0, 0.05) is 24.1 Å². The van der Waals surface area contributed by atoms with Crippen molar-refractivity contribution in [2.45, 2.75) is 25.7 Å². The Bertz CT molecular complexity index is 610. The van der Waals surface area contributed by atoms with Gasteiger partial charge in [0.05, 0.1) is 0 Å². The van der Waals surface area contributed by atoms with E-state index in [0.717, 1.165) is 13.0 Å². The lowest BCUT2D eigenvalue weighted by atomic mass is 10.0. The van der Waals surface area contributed by atoms with E-state index in [1.165, 1.54) is 18.2 Å². The van der Waals surface area contributed by atoms with Crippen LogP contribution >= 0.6 is 0 Å². The van der Waals surface area contributed by atoms with Gasteiger partial charge in [-0.1, -0.05) is 17.3 Å². The van der Waals surface area contributed by atoms with Crippen LogP contribution in [0.15, 0.2) is 29.4 Å². The number of anilines is 1.